The van der Waals surface area contributed by atoms with E-state index >= 15 is 0 Å². The van der Waals surface area contributed by atoms with Gasteiger partial charge in [0.05, 0.1) is 13.2 Å². The Balaban J connectivity index is 0.000000771. The fourth-order valence-corrected chi connectivity index (χ4v) is 2.21. The predicted molar refractivity (Wildman–Crippen MR) is 74.6 cm³/mol. The molecule has 0 radical (unpaired) electrons. The SMILES string of the molecule is CC.COc1cccc(C2CCCC=C2C#N)c1. The summed E-state index contributed by atoms with van der Waals surface area (Å²) in [5, 5.41) is 9.10. The third kappa shape index (κ3) is 3.37. The van der Waals surface area contributed by atoms with Crippen molar-refractivity contribution in [3.05, 3.63) is 41.5 Å². The van der Waals surface area contributed by atoms with E-state index in [0.29, 0.717) is 0 Å². The number of ether oxygens (including phenoxy) is 1. The minimum Gasteiger partial charge on any atom is -0.497 e. The lowest BCUT2D eigenvalue weighted by atomic mass is 9.83. The monoisotopic (exact) mass is 243 g/mol. The topological polar surface area (TPSA) is 33.0 Å². The van der Waals surface area contributed by atoms with Crippen molar-refractivity contribution in [3.63, 3.8) is 0 Å². The van der Waals surface area contributed by atoms with Crippen molar-refractivity contribution < 1.29 is 4.74 Å². The molecule has 2 heteroatoms. The highest BCUT2D eigenvalue weighted by Gasteiger charge is 2.19. The molecular weight excluding hydrogens is 222 g/mol. The molecule has 2 rings (SSSR count). The second kappa shape index (κ2) is 7.55. The molecule has 0 fully saturated rings. The second-order valence-corrected chi connectivity index (χ2v) is 4.03. The molecule has 0 N–H and O–H groups in total. The Labute approximate surface area is 110 Å². The molecule has 1 aromatic rings. The summed E-state index contributed by atoms with van der Waals surface area (Å²) in [6, 6.07) is 10.3. The van der Waals surface area contributed by atoms with Gasteiger partial charge in [0.2, 0.25) is 0 Å². The van der Waals surface area contributed by atoms with Crippen LogP contribution in [0.5, 0.6) is 5.75 Å². The fourth-order valence-electron chi connectivity index (χ4n) is 2.21. The maximum Gasteiger partial charge on any atom is 0.119 e. The van der Waals surface area contributed by atoms with E-state index in [1.807, 2.05) is 32.0 Å². The largest absolute Gasteiger partial charge is 0.497 e. The molecule has 0 heterocycles. The molecule has 0 saturated heterocycles. The number of methoxy groups -OCH3 is 1. The van der Waals surface area contributed by atoms with Crippen LogP contribution in [0.2, 0.25) is 0 Å². The van der Waals surface area contributed by atoms with Gasteiger partial charge < -0.3 is 4.74 Å². The summed E-state index contributed by atoms with van der Waals surface area (Å²) in [4.78, 5) is 0. The lowest BCUT2D eigenvalue weighted by Gasteiger charge is -2.20. The third-order valence-electron chi connectivity index (χ3n) is 3.06. The Hall–Kier alpha value is -1.75. The molecule has 0 aliphatic heterocycles. The molecule has 18 heavy (non-hydrogen) atoms. The van der Waals surface area contributed by atoms with Crippen LogP contribution in [0, 0.1) is 11.3 Å². The number of nitriles is 1. The van der Waals surface area contributed by atoms with Crippen LogP contribution in [0.25, 0.3) is 0 Å². The normalized spacial score (nSPS) is 17.9. The Morgan fingerprint density at radius 2 is 2.11 bits per heavy atom. The molecule has 1 aliphatic rings. The molecule has 2 nitrogen and oxygen atoms in total. The lowest BCUT2D eigenvalue weighted by molar-refractivity contribution is 0.414. The molecule has 0 aromatic heterocycles. The zero-order chi connectivity index (χ0) is 13.4. The summed E-state index contributed by atoms with van der Waals surface area (Å²) in [5.74, 6) is 1.12. The smallest absolute Gasteiger partial charge is 0.119 e. The molecule has 0 amide bonds. The standard InChI is InChI=1S/C14H15NO.C2H6/c1-16-13-7-4-6-11(9-13)14-8-3-2-5-12(14)10-15;1-2/h4-7,9,14H,2-3,8H2,1H3;1-2H3. The maximum atomic E-state index is 9.10. The van der Waals surface area contributed by atoms with Crippen LogP contribution in [0.1, 0.15) is 44.6 Å². The van der Waals surface area contributed by atoms with Gasteiger partial charge in [0.1, 0.15) is 5.75 Å². The summed E-state index contributed by atoms with van der Waals surface area (Å²) in [5.41, 5.74) is 2.09. The van der Waals surface area contributed by atoms with Gasteiger partial charge in [0.25, 0.3) is 0 Å². The van der Waals surface area contributed by atoms with Gasteiger partial charge in [-0.25, -0.2) is 0 Å². The zero-order valence-corrected chi connectivity index (χ0v) is 11.4. The highest BCUT2D eigenvalue weighted by molar-refractivity contribution is 5.40. The Morgan fingerprint density at radius 3 is 2.78 bits per heavy atom. The van der Waals surface area contributed by atoms with Crippen molar-refractivity contribution in [2.24, 2.45) is 0 Å². The molecule has 1 atom stereocenters. The quantitative estimate of drug-likeness (QED) is 0.769. The first-order valence-electron chi connectivity index (χ1n) is 6.59. The van der Waals surface area contributed by atoms with Crippen molar-refractivity contribution in [2.75, 3.05) is 7.11 Å². The highest BCUT2D eigenvalue weighted by Crippen LogP contribution is 2.34. The first-order chi connectivity index (χ1) is 8.85. The highest BCUT2D eigenvalue weighted by atomic mass is 16.5. The van der Waals surface area contributed by atoms with Gasteiger partial charge >= 0.3 is 0 Å². The summed E-state index contributed by atoms with van der Waals surface area (Å²) in [6.07, 6.45) is 5.32. The molecule has 1 aliphatic carbocycles. The van der Waals surface area contributed by atoms with Crippen LogP contribution in [-0.2, 0) is 0 Å². The fraction of sp³-hybridized carbons (Fsp3) is 0.438. The summed E-state index contributed by atoms with van der Waals surface area (Å²) >= 11 is 0. The predicted octanol–water partition coefficient (Wildman–Crippen LogP) is 4.44. The Bertz CT molecular complexity index is 443. The van der Waals surface area contributed by atoms with Gasteiger partial charge in [-0.1, -0.05) is 32.1 Å². The number of rotatable bonds is 2. The van der Waals surface area contributed by atoms with E-state index in [9.17, 15) is 0 Å². The van der Waals surface area contributed by atoms with Crippen molar-refractivity contribution >= 4 is 0 Å². The van der Waals surface area contributed by atoms with Crippen molar-refractivity contribution in [1.82, 2.24) is 0 Å². The van der Waals surface area contributed by atoms with Gasteiger partial charge in [-0.2, -0.15) is 5.26 Å². The van der Waals surface area contributed by atoms with Crippen molar-refractivity contribution in [3.8, 4) is 11.8 Å². The van der Waals surface area contributed by atoms with Gasteiger partial charge in [0.15, 0.2) is 0 Å². The summed E-state index contributed by atoms with van der Waals surface area (Å²) in [6.45, 7) is 4.00. The first-order valence-corrected chi connectivity index (χ1v) is 6.59. The third-order valence-corrected chi connectivity index (χ3v) is 3.06. The number of hydrogen-bond donors (Lipinski definition) is 0. The van der Waals surface area contributed by atoms with Crippen molar-refractivity contribution in [1.29, 1.82) is 5.26 Å². The van der Waals surface area contributed by atoms with Crippen LogP contribution in [-0.4, -0.2) is 7.11 Å². The Morgan fingerprint density at radius 1 is 1.33 bits per heavy atom. The number of hydrogen-bond acceptors (Lipinski definition) is 2. The van der Waals surface area contributed by atoms with Crippen LogP contribution < -0.4 is 4.74 Å². The lowest BCUT2D eigenvalue weighted by Crippen LogP contribution is -2.06. The van der Waals surface area contributed by atoms with E-state index in [1.54, 1.807) is 7.11 Å². The van der Waals surface area contributed by atoms with Crippen LogP contribution in [0.3, 0.4) is 0 Å². The Kier molecular flexibility index (Phi) is 6.00. The van der Waals surface area contributed by atoms with E-state index in [-0.39, 0.29) is 5.92 Å². The van der Waals surface area contributed by atoms with Gasteiger partial charge in [-0.05, 0) is 37.0 Å². The summed E-state index contributed by atoms with van der Waals surface area (Å²) < 4.78 is 5.21. The molecule has 0 spiro atoms. The van der Waals surface area contributed by atoms with Crippen molar-refractivity contribution in [2.45, 2.75) is 39.0 Å². The van der Waals surface area contributed by atoms with E-state index in [0.717, 1.165) is 30.6 Å². The van der Waals surface area contributed by atoms with E-state index in [1.165, 1.54) is 5.56 Å². The van der Waals surface area contributed by atoms with Crippen LogP contribution in [0.4, 0.5) is 0 Å². The summed E-state index contributed by atoms with van der Waals surface area (Å²) in [7, 11) is 1.67. The van der Waals surface area contributed by atoms with E-state index in [2.05, 4.69) is 18.2 Å². The molecular formula is C16H21NO. The van der Waals surface area contributed by atoms with Gasteiger partial charge in [0, 0.05) is 11.5 Å². The molecule has 1 unspecified atom stereocenters. The van der Waals surface area contributed by atoms with Crippen LogP contribution >= 0.6 is 0 Å². The average Bonchev–Trinajstić information content (AvgIpc) is 2.49. The number of benzene rings is 1. The number of nitrogens with zero attached hydrogens (tertiary/aromatic N) is 1. The zero-order valence-electron chi connectivity index (χ0n) is 11.4. The molecule has 1 aromatic carbocycles. The van der Waals surface area contributed by atoms with E-state index in [4.69, 9.17) is 10.00 Å². The minimum absolute atomic E-state index is 0.258. The van der Waals surface area contributed by atoms with Crippen LogP contribution in [0.15, 0.2) is 35.9 Å². The molecule has 96 valence electrons. The van der Waals surface area contributed by atoms with E-state index < -0.39 is 0 Å². The molecule has 0 saturated carbocycles. The average molecular weight is 243 g/mol. The minimum atomic E-state index is 0.258. The van der Waals surface area contributed by atoms with Gasteiger partial charge in [-0.15, -0.1) is 0 Å². The first kappa shape index (κ1) is 14.3. The second-order valence-electron chi connectivity index (χ2n) is 4.03. The maximum absolute atomic E-state index is 9.10. The number of allylic oxidation sites excluding steroid dienone is 2. The van der Waals surface area contributed by atoms with Gasteiger partial charge in [-0.3, -0.25) is 0 Å². The molecule has 0 bridgehead atoms.